The third kappa shape index (κ3) is 3.56. The largest absolute Gasteiger partial charge is 0.393 e. The maximum atomic E-state index is 11.6. The first-order valence-corrected chi connectivity index (χ1v) is 6.38. The fourth-order valence-electron chi connectivity index (χ4n) is 1.87. The lowest BCUT2D eigenvalue weighted by Crippen LogP contribution is -2.45. The van der Waals surface area contributed by atoms with Gasteiger partial charge in [0.1, 0.15) is 12.2 Å². The molecule has 1 aliphatic heterocycles. The Labute approximate surface area is 126 Å². The molecule has 0 aromatic carbocycles. The van der Waals surface area contributed by atoms with Crippen molar-refractivity contribution in [3.05, 3.63) is 22.7 Å². The second-order valence-corrected chi connectivity index (χ2v) is 5.13. The maximum absolute atomic E-state index is 11.6. The van der Waals surface area contributed by atoms with Crippen molar-refractivity contribution in [1.29, 1.82) is 0 Å². The van der Waals surface area contributed by atoms with E-state index in [9.17, 15) is 20.1 Å². The van der Waals surface area contributed by atoms with E-state index in [1.54, 1.807) is 6.92 Å². The summed E-state index contributed by atoms with van der Waals surface area (Å²) in [6, 6.07) is 0. The Kier molecular flexibility index (Phi) is 5.78. The number of aliphatic hydroxyl groups excluding tert-OH is 3. The van der Waals surface area contributed by atoms with E-state index in [-0.39, 0.29) is 0 Å². The number of hydrogen-bond donors (Lipinski definition) is 3. The van der Waals surface area contributed by atoms with Crippen LogP contribution in [0.4, 0.5) is 0 Å². The van der Waals surface area contributed by atoms with E-state index in [1.807, 2.05) is 0 Å². The van der Waals surface area contributed by atoms with Gasteiger partial charge in [-0.05, 0) is 18.5 Å². The van der Waals surface area contributed by atoms with Crippen LogP contribution in [0.2, 0.25) is 0 Å². The molecular weight excluding hydrogens is 300 g/mol. The average Bonchev–Trinajstić information content (AvgIpc) is 2.65. The third-order valence-electron chi connectivity index (χ3n) is 2.95. The average molecular weight is 316 g/mol. The predicted octanol–water partition coefficient (Wildman–Crippen LogP) is -0.185. The molecule has 0 saturated carbocycles. The van der Waals surface area contributed by atoms with Crippen molar-refractivity contribution in [3.8, 4) is 0 Å². The Bertz CT molecular complexity index is 507. The number of nitrogens with zero attached hydrogens (tertiary/aromatic N) is 4. The normalized spacial score (nSPS) is 32.0. The first kappa shape index (κ1) is 17.5. The zero-order chi connectivity index (χ0) is 16.2. The molecule has 1 rings (SSSR count). The monoisotopic (exact) mass is 316 g/mol. The smallest absolute Gasteiger partial charge is 0.225 e. The number of azide groups is 1. The van der Waals surface area contributed by atoms with Crippen molar-refractivity contribution in [2.75, 3.05) is 6.61 Å². The van der Waals surface area contributed by atoms with Gasteiger partial charge < -0.3 is 20.1 Å². The van der Waals surface area contributed by atoms with Crippen LogP contribution in [0.1, 0.15) is 13.8 Å². The molecular formula is C11H16N4O5S. The highest BCUT2D eigenvalue weighted by molar-refractivity contribution is 7.80. The number of thiocarbonyl (C=S) groups is 1. The fraction of sp³-hybridized carbons (Fsp3) is 0.636. The molecule has 1 unspecified atom stereocenters. The van der Waals surface area contributed by atoms with Gasteiger partial charge in [0, 0.05) is 22.9 Å². The Hall–Kier alpha value is -1.55. The van der Waals surface area contributed by atoms with Crippen LogP contribution < -0.4 is 0 Å². The van der Waals surface area contributed by atoms with Gasteiger partial charge in [-0.25, -0.2) is 0 Å². The van der Waals surface area contributed by atoms with E-state index in [4.69, 9.17) is 22.5 Å². The molecule has 0 radical (unpaired) electrons. The molecule has 10 heteroatoms. The van der Waals surface area contributed by atoms with Gasteiger partial charge in [-0.1, -0.05) is 17.3 Å². The maximum Gasteiger partial charge on any atom is 0.225 e. The standard InChI is InChI=1S/C11H16N4O5S/c1-6(21)3-4-15(7(2)17)10-8(18)9(19)11(5-16,20-10)13-14-12/h3-4,8-10,16,18-19H,5H2,1-2H3/b4-3-/t8-,9?,10+,11+/m0/s1. The number of allylic oxidation sites excluding steroid dienone is 1. The van der Waals surface area contributed by atoms with Gasteiger partial charge in [0.15, 0.2) is 6.23 Å². The predicted molar refractivity (Wildman–Crippen MR) is 75.8 cm³/mol. The highest BCUT2D eigenvalue weighted by atomic mass is 32.1. The van der Waals surface area contributed by atoms with E-state index in [0.717, 1.165) is 4.90 Å². The van der Waals surface area contributed by atoms with Gasteiger partial charge in [0.05, 0.1) is 6.61 Å². The summed E-state index contributed by atoms with van der Waals surface area (Å²) in [6.45, 7) is 1.99. The van der Waals surface area contributed by atoms with Crippen LogP contribution in [-0.4, -0.2) is 61.8 Å². The van der Waals surface area contributed by atoms with Crippen molar-refractivity contribution in [1.82, 2.24) is 4.90 Å². The number of rotatable bonds is 5. The molecule has 1 amide bonds. The van der Waals surface area contributed by atoms with Crippen molar-refractivity contribution < 1.29 is 24.9 Å². The minimum Gasteiger partial charge on any atom is -0.393 e. The molecule has 4 atom stereocenters. The molecule has 1 saturated heterocycles. The van der Waals surface area contributed by atoms with Crippen LogP contribution in [0.15, 0.2) is 17.4 Å². The summed E-state index contributed by atoms with van der Waals surface area (Å²) >= 11 is 4.85. The van der Waals surface area contributed by atoms with Gasteiger partial charge in [-0.15, -0.1) is 0 Å². The van der Waals surface area contributed by atoms with Crippen molar-refractivity contribution in [2.24, 2.45) is 5.11 Å². The van der Waals surface area contributed by atoms with E-state index < -0.39 is 36.7 Å². The molecule has 21 heavy (non-hydrogen) atoms. The molecule has 9 nitrogen and oxygen atoms in total. The molecule has 0 aliphatic carbocycles. The molecule has 1 fully saturated rings. The number of amides is 1. The summed E-state index contributed by atoms with van der Waals surface area (Å²) in [4.78, 5) is 15.6. The van der Waals surface area contributed by atoms with Crippen LogP contribution in [0.25, 0.3) is 10.4 Å². The fourth-order valence-corrected chi connectivity index (χ4v) is 1.93. The summed E-state index contributed by atoms with van der Waals surface area (Å²) in [5.74, 6) is -0.492. The lowest BCUT2D eigenvalue weighted by Gasteiger charge is -2.27. The molecule has 0 bridgehead atoms. The van der Waals surface area contributed by atoms with Gasteiger partial charge >= 0.3 is 0 Å². The summed E-state index contributed by atoms with van der Waals surface area (Å²) in [7, 11) is 0. The first-order valence-electron chi connectivity index (χ1n) is 5.98. The Balaban J connectivity index is 3.14. The highest BCUT2D eigenvalue weighted by Gasteiger charge is 2.55. The van der Waals surface area contributed by atoms with Crippen LogP contribution in [0.5, 0.6) is 0 Å². The number of ether oxygens (including phenoxy) is 1. The summed E-state index contributed by atoms with van der Waals surface area (Å²) < 4.78 is 5.26. The van der Waals surface area contributed by atoms with E-state index in [2.05, 4.69) is 10.0 Å². The molecule has 0 aromatic heterocycles. The van der Waals surface area contributed by atoms with Crippen LogP contribution in [-0.2, 0) is 9.53 Å². The van der Waals surface area contributed by atoms with Gasteiger partial charge in [0.25, 0.3) is 0 Å². The van der Waals surface area contributed by atoms with Crippen molar-refractivity contribution in [3.63, 3.8) is 0 Å². The van der Waals surface area contributed by atoms with Gasteiger partial charge in [0.2, 0.25) is 11.6 Å². The second-order valence-electron chi connectivity index (χ2n) is 4.49. The summed E-state index contributed by atoms with van der Waals surface area (Å²) in [5, 5.41) is 32.4. The molecule has 0 spiro atoms. The Morgan fingerprint density at radius 3 is 2.62 bits per heavy atom. The lowest BCUT2D eigenvalue weighted by atomic mass is 10.1. The van der Waals surface area contributed by atoms with Crippen molar-refractivity contribution in [2.45, 2.75) is 38.0 Å². The third-order valence-corrected chi connectivity index (χ3v) is 3.09. The minimum atomic E-state index is -2.05. The molecule has 116 valence electrons. The van der Waals surface area contributed by atoms with E-state index >= 15 is 0 Å². The summed E-state index contributed by atoms with van der Waals surface area (Å²) in [6.07, 6.45) is -1.85. The molecule has 3 N–H and O–H groups in total. The van der Waals surface area contributed by atoms with Crippen molar-refractivity contribution >= 4 is 23.0 Å². The van der Waals surface area contributed by atoms with Crippen LogP contribution in [0, 0.1) is 0 Å². The quantitative estimate of drug-likeness (QED) is 0.211. The SMILES string of the molecule is CC(=O)N(/C=C\C(C)=S)[C@@H]1O[C@@](CO)(N=[N+]=[N-])C(O)[C@@H]1O. The topological polar surface area (TPSA) is 139 Å². The van der Waals surface area contributed by atoms with Crippen LogP contribution >= 0.6 is 12.2 Å². The van der Waals surface area contributed by atoms with Gasteiger partial charge in [-0.2, -0.15) is 0 Å². The molecule has 0 aromatic rings. The molecule has 1 aliphatic rings. The van der Waals surface area contributed by atoms with Gasteiger partial charge in [-0.3, -0.25) is 9.69 Å². The zero-order valence-electron chi connectivity index (χ0n) is 11.4. The Morgan fingerprint density at radius 2 is 2.19 bits per heavy atom. The summed E-state index contributed by atoms with van der Waals surface area (Å²) in [5.41, 5.74) is 6.45. The number of hydrogen-bond acceptors (Lipinski definition) is 7. The number of carbonyl (C=O) groups is 1. The Morgan fingerprint density at radius 1 is 1.57 bits per heavy atom. The number of aliphatic hydroxyl groups is 3. The molecule has 1 heterocycles. The first-order chi connectivity index (χ1) is 9.79. The minimum absolute atomic E-state index is 0.484. The highest BCUT2D eigenvalue weighted by Crippen LogP contribution is 2.34. The lowest BCUT2D eigenvalue weighted by molar-refractivity contribution is -0.156. The van der Waals surface area contributed by atoms with E-state index in [1.165, 1.54) is 19.2 Å². The number of carbonyl (C=O) groups excluding carboxylic acids is 1. The van der Waals surface area contributed by atoms with Crippen LogP contribution in [0.3, 0.4) is 0 Å². The zero-order valence-corrected chi connectivity index (χ0v) is 12.3. The second kappa shape index (κ2) is 6.94. The van der Waals surface area contributed by atoms with E-state index in [0.29, 0.717) is 4.86 Å².